The van der Waals surface area contributed by atoms with E-state index in [0.717, 1.165) is 5.57 Å². The molecule has 0 aromatic rings. The first-order valence-corrected chi connectivity index (χ1v) is 24.5. The molecule has 3 heterocycles. The lowest BCUT2D eigenvalue weighted by atomic mass is 9.34. The second kappa shape index (κ2) is 19.8. The van der Waals surface area contributed by atoms with Gasteiger partial charge in [-0.25, -0.2) is 0 Å². The smallest absolute Gasteiger partial charge is 0.187 e. The molecular weight excluding hydrogens is 881 g/mol. The quantitative estimate of drug-likeness (QED) is 0.0773. The Morgan fingerprint density at radius 1 is 0.642 bits per heavy atom. The molecule has 4 aliphatic carbocycles. The van der Waals surface area contributed by atoms with Crippen molar-refractivity contribution in [2.45, 2.75) is 223 Å². The Balaban J connectivity index is 1.21. The zero-order valence-electron chi connectivity index (χ0n) is 40.3. The normalized spacial score (nSPS) is 52.9. The Bertz CT molecular complexity index is 1710. The predicted octanol–water partition coefficient (Wildman–Crippen LogP) is -1.06. The van der Waals surface area contributed by atoms with Crippen LogP contribution < -0.4 is 0 Å². The molecular formula is C48H82O19. The summed E-state index contributed by atoms with van der Waals surface area (Å²) >= 11 is 0. The van der Waals surface area contributed by atoms with Crippen LogP contribution in [-0.4, -0.2) is 202 Å². The van der Waals surface area contributed by atoms with E-state index in [9.17, 15) is 66.4 Å². The lowest BCUT2D eigenvalue weighted by molar-refractivity contribution is -0.374. The molecule has 19 heteroatoms. The molecule has 3 saturated heterocycles. The van der Waals surface area contributed by atoms with Crippen LogP contribution in [0.25, 0.3) is 0 Å². The highest BCUT2D eigenvalue weighted by Crippen LogP contribution is 2.76. The summed E-state index contributed by atoms with van der Waals surface area (Å²) in [5, 5.41) is 142. The molecule has 7 fully saturated rings. The summed E-state index contributed by atoms with van der Waals surface area (Å²) in [7, 11) is 0. The van der Waals surface area contributed by atoms with Crippen molar-refractivity contribution in [3.8, 4) is 0 Å². The third-order valence-electron chi connectivity index (χ3n) is 18.7. The summed E-state index contributed by atoms with van der Waals surface area (Å²) in [6.07, 6.45) is -19.6. The number of hydrogen-bond donors (Lipinski definition) is 13. The minimum Gasteiger partial charge on any atom is -0.394 e. The standard InChI is InChI=1S/C48H82O19/c1-21(2)10-9-13-48(8,67-43-37(60)34(57)32(55)26(19-50)64-43)22-11-15-46(6)30(22)23(52)16-28-45(5)14-12-29(53)44(3,4)40(45)24(17-47(28,46)7)62-41-38(61)35(58)39(27(20-51)65-41)66-42-36(59)33(56)31(54)25(18-49)63-42/h10,22-43,49-61H,9,11-20H2,1-8H3/t22-,23+,24-,25+,26+,27+,28+,29-,30-,31+,32+,33-,34-,35+,36+,37+,38+,39+,40-,41+,42-,43-,45+,46+,47+,48-/m0/s1. The van der Waals surface area contributed by atoms with E-state index < -0.39 is 158 Å². The molecule has 3 aliphatic heterocycles. The van der Waals surface area contributed by atoms with Crippen molar-refractivity contribution in [2.75, 3.05) is 19.8 Å². The molecule has 0 amide bonds. The molecule has 19 nitrogen and oxygen atoms in total. The van der Waals surface area contributed by atoms with Gasteiger partial charge in [0.05, 0.1) is 43.7 Å². The molecule has 0 spiro atoms. The minimum atomic E-state index is -1.83. The molecule has 0 aromatic heterocycles. The van der Waals surface area contributed by atoms with E-state index in [-0.39, 0.29) is 23.7 Å². The Morgan fingerprint density at radius 3 is 1.76 bits per heavy atom. The predicted molar refractivity (Wildman–Crippen MR) is 235 cm³/mol. The van der Waals surface area contributed by atoms with Crippen LogP contribution in [0.4, 0.5) is 0 Å². The number of allylic oxidation sites excluding steroid dienone is 2. The van der Waals surface area contributed by atoms with Gasteiger partial charge in [-0.2, -0.15) is 0 Å². The zero-order chi connectivity index (χ0) is 49.5. The third-order valence-corrected chi connectivity index (χ3v) is 18.7. The molecule has 4 saturated carbocycles. The largest absolute Gasteiger partial charge is 0.394 e. The van der Waals surface area contributed by atoms with Gasteiger partial charge in [0.1, 0.15) is 73.2 Å². The number of fused-ring (bicyclic) bond motifs is 5. The topological polar surface area (TPSA) is 318 Å². The Labute approximate surface area is 393 Å². The van der Waals surface area contributed by atoms with E-state index in [4.69, 9.17) is 28.4 Å². The molecule has 0 radical (unpaired) electrons. The Morgan fingerprint density at radius 2 is 1.18 bits per heavy atom. The van der Waals surface area contributed by atoms with Crippen molar-refractivity contribution in [2.24, 2.45) is 45.3 Å². The molecule has 7 rings (SSSR count). The van der Waals surface area contributed by atoms with E-state index in [1.54, 1.807) is 0 Å². The van der Waals surface area contributed by atoms with Crippen LogP contribution >= 0.6 is 0 Å². The van der Waals surface area contributed by atoms with Crippen LogP contribution in [0, 0.1) is 45.3 Å². The number of hydrogen-bond acceptors (Lipinski definition) is 19. The van der Waals surface area contributed by atoms with E-state index >= 15 is 0 Å². The lowest BCUT2D eigenvalue weighted by Crippen LogP contribution is -2.71. The lowest BCUT2D eigenvalue weighted by Gasteiger charge is -2.72. The summed E-state index contributed by atoms with van der Waals surface area (Å²) in [6.45, 7) is 14.5. The Kier molecular flexibility index (Phi) is 15.9. The van der Waals surface area contributed by atoms with Crippen LogP contribution in [0.15, 0.2) is 11.6 Å². The number of aliphatic hydroxyl groups is 13. The first-order chi connectivity index (χ1) is 31.3. The van der Waals surface area contributed by atoms with Gasteiger partial charge in [-0.1, -0.05) is 46.3 Å². The number of ether oxygens (including phenoxy) is 6. The van der Waals surface area contributed by atoms with Gasteiger partial charge < -0.3 is 94.8 Å². The maximum Gasteiger partial charge on any atom is 0.187 e. The SMILES string of the molecule is CC(C)=CCC[C@](C)(O[C@@H]1O[C@H](CO)[C@@H](O)[C@H](O)[C@H]1O)[C@H]1CC[C@]2(C)[C@@H]1[C@H](O)C[C@@H]1[C@@]3(C)CC[C@H](O)C(C)(C)[C@@H]3[C@@H](O[C@@H]3O[C@H](CO)[C@@H](O[C@@H]4O[C@H](CO)[C@@H](O)[C@H](O)[C@H]4O)[C@H](O)[C@H]3O)C[C@]12C. The van der Waals surface area contributed by atoms with Gasteiger partial charge in [0.2, 0.25) is 0 Å². The summed E-state index contributed by atoms with van der Waals surface area (Å²) in [6, 6.07) is 0. The van der Waals surface area contributed by atoms with E-state index in [1.165, 1.54) is 0 Å². The van der Waals surface area contributed by atoms with Gasteiger partial charge in [0, 0.05) is 0 Å². The van der Waals surface area contributed by atoms with Crippen LogP contribution in [0.2, 0.25) is 0 Å². The molecule has 7 aliphatic rings. The summed E-state index contributed by atoms with van der Waals surface area (Å²) in [5.74, 6) is -1.11. The average Bonchev–Trinajstić information content (AvgIpc) is 3.66. The average molecular weight is 963 g/mol. The van der Waals surface area contributed by atoms with Gasteiger partial charge in [-0.05, 0) is 117 Å². The van der Waals surface area contributed by atoms with Gasteiger partial charge >= 0.3 is 0 Å². The maximum atomic E-state index is 12.7. The number of aliphatic hydroxyl groups excluding tert-OH is 13. The van der Waals surface area contributed by atoms with Crippen molar-refractivity contribution >= 4 is 0 Å². The van der Waals surface area contributed by atoms with Crippen LogP contribution in [-0.2, 0) is 28.4 Å². The molecule has 13 N–H and O–H groups in total. The van der Waals surface area contributed by atoms with Crippen molar-refractivity contribution in [3.05, 3.63) is 11.6 Å². The number of rotatable bonds is 13. The Hall–Kier alpha value is -1.02. The minimum absolute atomic E-state index is 0.0841. The fourth-order valence-electron chi connectivity index (χ4n) is 14.9. The van der Waals surface area contributed by atoms with Gasteiger partial charge in [0.15, 0.2) is 18.9 Å². The third kappa shape index (κ3) is 9.03. The van der Waals surface area contributed by atoms with E-state index in [2.05, 4.69) is 26.8 Å². The fraction of sp³-hybridized carbons (Fsp3) is 0.958. The van der Waals surface area contributed by atoms with Gasteiger partial charge in [0.25, 0.3) is 0 Å². The molecule has 67 heavy (non-hydrogen) atoms. The van der Waals surface area contributed by atoms with Crippen molar-refractivity contribution in [1.82, 2.24) is 0 Å². The first-order valence-electron chi connectivity index (χ1n) is 24.5. The van der Waals surface area contributed by atoms with Gasteiger partial charge in [-0.3, -0.25) is 0 Å². The molecule has 388 valence electrons. The highest BCUT2D eigenvalue weighted by molar-refractivity contribution is 5.22. The second-order valence-electron chi connectivity index (χ2n) is 23.1. The van der Waals surface area contributed by atoms with Crippen molar-refractivity contribution in [1.29, 1.82) is 0 Å². The summed E-state index contributed by atoms with van der Waals surface area (Å²) in [4.78, 5) is 0. The highest BCUT2D eigenvalue weighted by Gasteiger charge is 2.74. The molecule has 0 bridgehead atoms. The fourth-order valence-corrected chi connectivity index (χ4v) is 14.9. The zero-order valence-corrected chi connectivity index (χ0v) is 40.3. The van der Waals surface area contributed by atoms with E-state index in [0.29, 0.717) is 51.4 Å². The van der Waals surface area contributed by atoms with E-state index in [1.807, 2.05) is 34.6 Å². The van der Waals surface area contributed by atoms with Crippen molar-refractivity contribution in [3.63, 3.8) is 0 Å². The molecule has 0 aromatic carbocycles. The van der Waals surface area contributed by atoms with Crippen LogP contribution in [0.1, 0.15) is 107 Å². The monoisotopic (exact) mass is 963 g/mol. The van der Waals surface area contributed by atoms with Crippen LogP contribution in [0.3, 0.4) is 0 Å². The summed E-state index contributed by atoms with van der Waals surface area (Å²) in [5.41, 5.74) is -2.41. The second-order valence-corrected chi connectivity index (χ2v) is 23.1. The van der Waals surface area contributed by atoms with Gasteiger partial charge in [-0.15, -0.1) is 0 Å². The highest BCUT2D eigenvalue weighted by atomic mass is 16.7. The first kappa shape index (κ1) is 53.8. The summed E-state index contributed by atoms with van der Waals surface area (Å²) < 4.78 is 37.3. The van der Waals surface area contributed by atoms with Crippen molar-refractivity contribution < 1.29 is 94.8 Å². The van der Waals surface area contributed by atoms with Crippen LogP contribution in [0.5, 0.6) is 0 Å². The molecule has 26 atom stereocenters. The molecule has 0 unspecified atom stereocenters. The maximum absolute atomic E-state index is 12.7.